The largest absolute Gasteiger partial charge is 0.459 e. The number of hydrogen-bond donors (Lipinski definition) is 1. The van der Waals surface area contributed by atoms with Crippen molar-refractivity contribution in [2.45, 2.75) is 17.6 Å². The van der Waals surface area contributed by atoms with Crippen molar-refractivity contribution in [1.82, 2.24) is 0 Å². The maximum absolute atomic E-state index is 13.9. The number of aryl methyl sites for hydroxylation is 1. The molecule has 3 rings (SSSR count). The summed E-state index contributed by atoms with van der Waals surface area (Å²) >= 11 is 1.61. The molecule has 0 aliphatic carbocycles. The molecule has 24 heavy (non-hydrogen) atoms. The van der Waals surface area contributed by atoms with Gasteiger partial charge in [0, 0.05) is 16.2 Å². The predicted molar refractivity (Wildman–Crippen MR) is 93.8 cm³/mol. The third kappa shape index (κ3) is 3.86. The molecular formula is C19H16FNO2S. The Morgan fingerprint density at radius 3 is 2.71 bits per heavy atom. The van der Waals surface area contributed by atoms with Crippen molar-refractivity contribution in [3.8, 4) is 0 Å². The van der Waals surface area contributed by atoms with E-state index >= 15 is 0 Å². The normalized spacial score (nSPS) is 10.6. The van der Waals surface area contributed by atoms with Crippen LogP contribution in [0.2, 0.25) is 0 Å². The topological polar surface area (TPSA) is 42.2 Å². The van der Waals surface area contributed by atoms with E-state index in [1.54, 1.807) is 36.9 Å². The lowest BCUT2D eigenvalue weighted by Gasteiger charge is -2.07. The highest BCUT2D eigenvalue weighted by atomic mass is 32.2. The molecule has 0 saturated carbocycles. The number of furan rings is 1. The molecule has 0 unspecified atom stereocenters. The molecule has 122 valence electrons. The molecule has 2 aromatic carbocycles. The zero-order valence-electron chi connectivity index (χ0n) is 13.1. The number of hydrogen-bond acceptors (Lipinski definition) is 3. The summed E-state index contributed by atoms with van der Waals surface area (Å²) in [6, 6.07) is 16.3. The fourth-order valence-corrected chi connectivity index (χ4v) is 3.13. The van der Waals surface area contributed by atoms with Crippen LogP contribution in [-0.2, 0) is 5.75 Å². The first-order valence-electron chi connectivity index (χ1n) is 7.45. The summed E-state index contributed by atoms with van der Waals surface area (Å²) in [5.41, 5.74) is 1.71. The Morgan fingerprint density at radius 2 is 1.96 bits per heavy atom. The van der Waals surface area contributed by atoms with Gasteiger partial charge in [0.05, 0.1) is 12.0 Å². The Morgan fingerprint density at radius 1 is 1.17 bits per heavy atom. The Kier molecular flexibility index (Phi) is 5.01. The van der Waals surface area contributed by atoms with Crippen LogP contribution in [0.25, 0.3) is 0 Å². The molecule has 0 fully saturated rings. The standard InChI is InChI=1S/C19H16FNO2S/c1-13-7-8-17(16(20)11-13)21-19(22)18-14(9-10-23-18)12-24-15-5-3-2-4-6-15/h2-11H,12H2,1H3,(H,21,22). The molecule has 1 heterocycles. The van der Waals surface area contributed by atoms with Crippen molar-refractivity contribution < 1.29 is 13.6 Å². The molecule has 3 nitrogen and oxygen atoms in total. The summed E-state index contributed by atoms with van der Waals surface area (Å²) in [6.45, 7) is 1.79. The van der Waals surface area contributed by atoms with E-state index in [0.29, 0.717) is 5.75 Å². The van der Waals surface area contributed by atoms with E-state index in [2.05, 4.69) is 5.32 Å². The third-order valence-corrected chi connectivity index (χ3v) is 4.52. The molecule has 1 aromatic heterocycles. The quantitative estimate of drug-likeness (QED) is 0.643. The van der Waals surface area contributed by atoms with E-state index in [1.165, 1.54) is 12.3 Å². The van der Waals surface area contributed by atoms with E-state index in [1.807, 2.05) is 30.3 Å². The zero-order valence-corrected chi connectivity index (χ0v) is 13.9. The number of thioether (sulfide) groups is 1. The van der Waals surface area contributed by atoms with Gasteiger partial charge < -0.3 is 9.73 Å². The maximum Gasteiger partial charge on any atom is 0.291 e. The fraction of sp³-hybridized carbons (Fsp3) is 0.105. The van der Waals surface area contributed by atoms with Gasteiger partial charge in [-0.15, -0.1) is 11.8 Å². The van der Waals surface area contributed by atoms with Gasteiger partial charge in [-0.2, -0.15) is 0 Å². The first-order chi connectivity index (χ1) is 11.6. The highest BCUT2D eigenvalue weighted by Gasteiger charge is 2.17. The number of anilines is 1. The number of amides is 1. The summed E-state index contributed by atoms with van der Waals surface area (Å²) in [5, 5.41) is 2.56. The van der Waals surface area contributed by atoms with Gasteiger partial charge in [0.1, 0.15) is 5.82 Å². The SMILES string of the molecule is Cc1ccc(NC(=O)c2occc2CSc2ccccc2)c(F)c1. The molecule has 0 aliphatic rings. The predicted octanol–water partition coefficient (Wildman–Crippen LogP) is 5.27. The summed E-state index contributed by atoms with van der Waals surface area (Å²) < 4.78 is 19.2. The van der Waals surface area contributed by atoms with Gasteiger partial charge in [-0.05, 0) is 42.8 Å². The van der Waals surface area contributed by atoms with Crippen molar-refractivity contribution in [2.24, 2.45) is 0 Å². The summed E-state index contributed by atoms with van der Waals surface area (Å²) in [4.78, 5) is 13.5. The number of carbonyl (C=O) groups is 1. The van der Waals surface area contributed by atoms with Crippen LogP contribution in [0.4, 0.5) is 10.1 Å². The minimum absolute atomic E-state index is 0.142. The molecule has 3 aromatic rings. The van der Waals surface area contributed by atoms with Crippen molar-refractivity contribution >= 4 is 23.4 Å². The van der Waals surface area contributed by atoms with Crippen LogP contribution in [0.3, 0.4) is 0 Å². The molecule has 1 N–H and O–H groups in total. The van der Waals surface area contributed by atoms with Crippen LogP contribution in [0.15, 0.2) is 70.2 Å². The second kappa shape index (κ2) is 7.36. The van der Waals surface area contributed by atoms with Gasteiger partial charge in [0.25, 0.3) is 5.91 Å². The average molecular weight is 341 g/mol. The second-order valence-electron chi connectivity index (χ2n) is 5.31. The molecule has 5 heteroatoms. The van der Waals surface area contributed by atoms with Crippen LogP contribution >= 0.6 is 11.8 Å². The van der Waals surface area contributed by atoms with Crippen molar-refractivity contribution in [2.75, 3.05) is 5.32 Å². The first kappa shape index (κ1) is 16.3. The molecule has 0 spiro atoms. The van der Waals surface area contributed by atoms with Gasteiger partial charge in [0.2, 0.25) is 0 Å². The van der Waals surface area contributed by atoms with E-state index in [9.17, 15) is 9.18 Å². The molecule has 1 amide bonds. The van der Waals surface area contributed by atoms with Gasteiger partial charge in [-0.25, -0.2) is 4.39 Å². The lowest BCUT2D eigenvalue weighted by molar-refractivity contribution is 0.0995. The van der Waals surface area contributed by atoms with Crippen molar-refractivity contribution in [3.63, 3.8) is 0 Å². The summed E-state index contributed by atoms with van der Waals surface area (Å²) in [7, 11) is 0. The second-order valence-corrected chi connectivity index (χ2v) is 6.36. The number of benzene rings is 2. The lowest BCUT2D eigenvalue weighted by Crippen LogP contribution is -2.13. The van der Waals surface area contributed by atoms with Gasteiger partial charge in [-0.3, -0.25) is 4.79 Å². The Bertz CT molecular complexity index is 846. The fourth-order valence-electron chi connectivity index (χ4n) is 2.23. The molecule has 0 aliphatic heterocycles. The van der Waals surface area contributed by atoms with E-state index in [4.69, 9.17) is 4.42 Å². The highest BCUT2D eigenvalue weighted by molar-refractivity contribution is 7.98. The van der Waals surface area contributed by atoms with E-state index in [0.717, 1.165) is 16.0 Å². The average Bonchev–Trinajstić information content (AvgIpc) is 3.05. The van der Waals surface area contributed by atoms with Crippen LogP contribution in [0.1, 0.15) is 21.7 Å². The lowest BCUT2D eigenvalue weighted by atomic mass is 10.2. The van der Waals surface area contributed by atoms with Gasteiger partial charge >= 0.3 is 0 Å². The number of halogens is 1. The van der Waals surface area contributed by atoms with E-state index in [-0.39, 0.29) is 11.4 Å². The van der Waals surface area contributed by atoms with Crippen LogP contribution < -0.4 is 5.32 Å². The molecular weight excluding hydrogens is 325 g/mol. The Balaban J connectivity index is 1.71. The van der Waals surface area contributed by atoms with Crippen molar-refractivity contribution in [3.05, 3.63) is 83.6 Å². The molecule has 0 radical (unpaired) electrons. The number of nitrogens with one attached hydrogen (secondary N) is 1. The smallest absolute Gasteiger partial charge is 0.291 e. The van der Waals surface area contributed by atoms with Crippen LogP contribution in [0.5, 0.6) is 0 Å². The summed E-state index contributed by atoms with van der Waals surface area (Å²) in [6.07, 6.45) is 1.47. The van der Waals surface area contributed by atoms with Crippen LogP contribution in [0, 0.1) is 12.7 Å². The van der Waals surface area contributed by atoms with Gasteiger partial charge in [0.15, 0.2) is 5.76 Å². The van der Waals surface area contributed by atoms with Gasteiger partial charge in [-0.1, -0.05) is 24.3 Å². The zero-order chi connectivity index (χ0) is 16.9. The highest BCUT2D eigenvalue weighted by Crippen LogP contribution is 2.25. The molecule has 0 saturated heterocycles. The Hall–Kier alpha value is -2.53. The van der Waals surface area contributed by atoms with Crippen LogP contribution in [-0.4, -0.2) is 5.91 Å². The minimum atomic E-state index is -0.463. The molecule has 0 bridgehead atoms. The number of carbonyl (C=O) groups excluding carboxylic acids is 1. The maximum atomic E-state index is 13.9. The monoisotopic (exact) mass is 341 g/mol. The summed E-state index contributed by atoms with van der Waals surface area (Å²) in [5.74, 6) is -0.112. The molecule has 0 atom stereocenters. The van der Waals surface area contributed by atoms with Crippen molar-refractivity contribution in [1.29, 1.82) is 0 Å². The van der Waals surface area contributed by atoms with E-state index < -0.39 is 11.7 Å². The first-order valence-corrected chi connectivity index (χ1v) is 8.44. The minimum Gasteiger partial charge on any atom is -0.459 e. The Labute approximate surface area is 143 Å². The third-order valence-electron chi connectivity index (χ3n) is 3.46. The number of rotatable bonds is 5.